The van der Waals surface area contributed by atoms with Crippen LogP contribution < -0.4 is 9.04 Å². The lowest BCUT2D eigenvalue weighted by Gasteiger charge is -2.18. The number of fused-ring (bicyclic) bond motifs is 1. The quantitative estimate of drug-likeness (QED) is 0.661. The maximum absolute atomic E-state index is 13.3. The molecule has 4 rings (SSSR count). The van der Waals surface area contributed by atoms with Crippen molar-refractivity contribution in [1.82, 2.24) is 15.0 Å². The van der Waals surface area contributed by atoms with Crippen LogP contribution in [0.4, 0.5) is 19.0 Å². The molecule has 0 bridgehead atoms. The summed E-state index contributed by atoms with van der Waals surface area (Å²) < 4.78 is 71.5. The first-order chi connectivity index (χ1) is 13.2. The number of hydrogen-bond acceptors (Lipinski definition) is 6. The van der Waals surface area contributed by atoms with Crippen molar-refractivity contribution in [2.24, 2.45) is 0 Å². The molecule has 0 fully saturated rings. The van der Waals surface area contributed by atoms with Crippen LogP contribution in [-0.4, -0.2) is 23.4 Å². The van der Waals surface area contributed by atoms with Crippen molar-refractivity contribution in [3.63, 3.8) is 0 Å². The van der Waals surface area contributed by atoms with Crippen molar-refractivity contribution in [1.29, 1.82) is 0 Å². The summed E-state index contributed by atoms with van der Waals surface area (Å²) in [6.07, 6.45) is -2.09. The molecule has 2 aromatic heterocycles. The Balaban J connectivity index is 1.80. The molecule has 0 amide bonds. The van der Waals surface area contributed by atoms with Gasteiger partial charge in [0.1, 0.15) is 5.75 Å². The molecule has 28 heavy (non-hydrogen) atoms. The van der Waals surface area contributed by atoms with Gasteiger partial charge in [0.2, 0.25) is 0 Å². The monoisotopic (exact) mass is 408 g/mol. The molecule has 0 radical (unpaired) electrons. The number of anilines is 1. The molecule has 0 aliphatic carbocycles. The van der Waals surface area contributed by atoms with Gasteiger partial charge < -0.3 is 4.74 Å². The van der Waals surface area contributed by atoms with Crippen LogP contribution >= 0.6 is 0 Å². The van der Waals surface area contributed by atoms with Gasteiger partial charge in [0.25, 0.3) is 10.0 Å². The van der Waals surface area contributed by atoms with Crippen LogP contribution in [0.3, 0.4) is 0 Å². The summed E-state index contributed by atoms with van der Waals surface area (Å²) in [4.78, 5) is 11.1. The highest BCUT2D eigenvalue weighted by Gasteiger charge is 2.39. The Kier molecular flexibility index (Phi) is 4.18. The lowest BCUT2D eigenvalue weighted by molar-refractivity contribution is -0.141. The van der Waals surface area contributed by atoms with Gasteiger partial charge in [0.05, 0.1) is 17.6 Å². The minimum Gasteiger partial charge on any atom is -0.423 e. The van der Waals surface area contributed by atoms with Crippen molar-refractivity contribution in [2.75, 3.05) is 4.31 Å². The number of sulfonamides is 1. The number of alkyl halides is 3. The normalized spacial score (nSPS) is 15.3. The summed E-state index contributed by atoms with van der Waals surface area (Å²) in [5, 5.41) is 0. The van der Waals surface area contributed by atoms with Crippen LogP contribution in [0, 0.1) is 0 Å². The summed E-state index contributed by atoms with van der Waals surface area (Å²) in [6.45, 7) is -0.140. The summed E-state index contributed by atoms with van der Waals surface area (Å²) in [6, 6.07) is 9.09. The molecule has 1 aliphatic rings. The number of benzene rings is 1. The van der Waals surface area contributed by atoms with Gasteiger partial charge in [0.15, 0.2) is 11.5 Å². The highest BCUT2D eigenvalue weighted by Crippen LogP contribution is 2.37. The minimum atomic E-state index is -4.82. The number of nitrogens with zero attached hydrogens (tertiary/aromatic N) is 4. The van der Waals surface area contributed by atoms with E-state index >= 15 is 0 Å². The van der Waals surface area contributed by atoms with Gasteiger partial charge >= 0.3 is 12.2 Å². The second-order valence-electron chi connectivity index (χ2n) is 5.80. The Morgan fingerprint density at radius 3 is 2.54 bits per heavy atom. The molecular formula is C17H11F3N4O3S. The van der Waals surface area contributed by atoms with E-state index in [1.54, 1.807) is 12.1 Å². The van der Waals surface area contributed by atoms with Gasteiger partial charge in [-0.1, -0.05) is 18.2 Å². The zero-order valence-electron chi connectivity index (χ0n) is 14.0. The van der Waals surface area contributed by atoms with Crippen molar-refractivity contribution in [3.05, 3.63) is 66.1 Å². The largest absolute Gasteiger partial charge is 0.433 e. The zero-order chi connectivity index (χ0) is 19.9. The Labute approximate surface area is 157 Å². The molecule has 3 aromatic rings. The van der Waals surface area contributed by atoms with Crippen molar-refractivity contribution in [3.8, 4) is 11.8 Å². The van der Waals surface area contributed by atoms with Crippen LogP contribution in [0.2, 0.25) is 0 Å². The molecule has 0 atom stereocenters. The molecule has 7 nitrogen and oxygen atoms in total. The summed E-state index contributed by atoms with van der Waals surface area (Å²) in [5.41, 5.74) is -0.855. The molecule has 1 aliphatic heterocycles. The van der Waals surface area contributed by atoms with E-state index < -0.39 is 33.7 Å². The predicted octanol–water partition coefficient (Wildman–Crippen LogP) is 3.39. The first-order valence-corrected chi connectivity index (χ1v) is 9.34. The van der Waals surface area contributed by atoms with E-state index in [1.807, 2.05) is 0 Å². The van der Waals surface area contributed by atoms with Crippen molar-refractivity contribution < 1.29 is 26.3 Å². The fourth-order valence-corrected chi connectivity index (χ4v) is 4.29. The van der Waals surface area contributed by atoms with Gasteiger partial charge in [-0.05, 0) is 23.8 Å². The van der Waals surface area contributed by atoms with E-state index in [9.17, 15) is 21.6 Å². The van der Waals surface area contributed by atoms with Gasteiger partial charge in [-0.2, -0.15) is 23.1 Å². The Morgan fingerprint density at radius 2 is 1.86 bits per heavy atom. The standard InChI is InChI=1S/C17H11F3N4O3S/c18-17(19,20)14-8-15(23-16(22-14)27-12-5-3-7-21-9-12)24-10-11-4-1-2-6-13(11)28(24,25)26/h1-9H,10H2. The summed E-state index contributed by atoms with van der Waals surface area (Å²) in [7, 11) is -4.04. The first-order valence-electron chi connectivity index (χ1n) is 7.90. The van der Waals surface area contributed by atoms with Gasteiger partial charge in [-0.3, -0.25) is 4.98 Å². The van der Waals surface area contributed by atoms with Gasteiger partial charge in [-0.25, -0.2) is 12.7 Å². The lowest BCUT2D eigenvalue weighted by atomic mass is 10.2. The molecule has 144 valence electrons. The van der Waals surface area contributed by atoms with Crippen molar-refractivity contribution >= 4 is 15.8 Å². The molecular weight excluding hydrogens is 397 g/mol. The van der Waals surface area contributed by atoms with Gasteiger partial charge in [-0.15, -0.1) is 0 Å². The molecule has 11 heteroatoms. The van der Waals surface area contributed by atoms with Crippen LogP contribution in [0.25, 0.3) is 0 Å². The average molecular weight is 408 g/mol. The molecule has 0 N–H and O–H groups in total. The van der Waals surface area contributed by atoms with Crippen LogP contribution in [-0.2, 0) is 22.7 Å². The van der Waals surface area contributed by atoms with Crippen LogP contribution in [0.15, 0.2) is 59.8 Å². The number of aromatic nitrogens is 3. The summed E-state index contributed by atoms with van der Waals surface area (Å²) in [5.74, 6) is -0.322. The Hall–Kier alpha value is -3.21. The van der Waals surface area contributed by atoms with E-state index in [-0.39, 0.29) is 17.2 Å². The predicted molar refractivity (Wildman–Crippen MR) is 91.2 cm³/mol. The number of ether oxygens (including phenoxy) is 1. The van der Waals surface area contributed by atoms with E-state index in [0.717, 1.165) is 4.31 Å². The Morgan fingerprint density at radius 1 is 1.07 bits per heavy atom. The Bertz CT molecular complexity index is 1140. The van der Waals surface area contributed by atoms with Crippen LogP contribution in [0.1, 0.15) is 11.3 Å². The molecule has 0 spiro atoms. The fourth-order valence-electron chi connectivity index (χ4n) is 2.69. The topological polar surface area (TPSA) is 85.3 Å². The average Bonchev–Trinajstić information content (AvgIpc) is 2.93. The molecule has 0 unspecified atom stereocenters. The lowest BCUT2D eigenvalue weighted by Crippen LogP contribution is -2.25. The summed E-state index contributed by atoms with van der Waals surface area (Å²) >= 11 is 0. The highest BCUT2D eigenvalue weighted by molar-refractivity contribution is 7.93. The zero-order valence-corrected chi connectivity index (χ0v) is 14.8. The molecule has 0 saturated heterocycles. The second-order valence-corrected chi connectivity index (χ2v) is 7.63. The van der Waals surface area contributed by atoms with Crippen molar-refractivity contribution in [2.45, 2.75) is 17.6 Å². The van der Waals surface area contributed by atoms with E-state index in [4.69, 9.17) is 4.74 Å². The number of pyridine rings is 1. The third kappa shape index (κ3) is 3.24. The number of rotatable bonds is 3. The third-order valence-corrected chi connectivity index (χ3v) is 5.79. The highest BCUT2D eigenvalue weighted by atomic mass is 32.2. The third-order valence-electron chi connectivity index (χ3n) is 3.94. The van der Waals surface area contributed by atoms with E-state index in [1.165, 1.54) is 36.7 Å². The van der Waals surface area contributed by atoms with E-state index in [0.29, 0.717) is 11.6 Å². The molecule has 0 saturated carbocycles. The fraction of sp³-hybridized carbons (Fsp3) is 0.118. The number of halogens is 3. The minimum absolute atomic E-state index is 0.0249. The smallest absolute Gasteiger partial charge is 0.423 e. The molecule has 3 heterocycles. The molecule has 1 aromatic carbocycles. The first kappa shape index (κ1) is 18.2. The van der Waals surface area contributed by atoms with Crippen LogP contribution in [0.5, 0.6) is 11.8 Å². The maximum atomic E-state index is 13.3. The van der Waals surface area contributed by atoms with E-state index in [2.05, 4.69) is 15.0 Å². The number of hydrogen-bond donors (Lipinski definition) is 0. The van der Waals surface area contributed by atoms with Gasteiger partial charge in [0, 0.05) is 12.3 Å². The SMILES string of the molecule is O=S1(=O)c2ccccc2CN1c1cc(C(F)(F)F)nc(Oc2cccnc2)n1. The second kappa shape index (κ2) is 6.44. The maximum Gasteiger partial charge on any atom is 0.433 e.